The van der Waals surface area contributed by atoms with E-state index in [1.165, 1.54) is 16.3 Å². The van der Waals surface area contributed by atoms with Crippen molar-refractivity contribution in [3.05, 3.63) is 29.3 Å². The summed E-state index contributed by atoms with van der Waals surface area (Å²) >= 11 is 0. The summed E-state index contributed by atoms with van der Waals surface area (Å²) in [7, 11) is -2.87. The fourth-order valence-electron chi connectivity index (χ4n) is 2.69. The van der Waals surface area contributed by atoms with Crippen LogP contribution >= 0.6 is 0 Å². The summed E-state index contributed by atoms with van der Waals surface area (Å²) in [5, 5.41) is 1.17. The maximum atomic E-state index is 6.41. The van der Waals surface area contributed by atoms with E-state index < -0.39 is 8.80 Å². The summed E-state index contributed by atoms with van der Waals surface area (Å²) in [5.74, 6) is 0. The molecule has 0 amide bonds. The molecule has 24 heavy (non-hydrogen) atoms. The van der Waals surface area contributed by atoms with E-state index >= 15 is 0 Å². The smallest absolute Gasteiger partial charge is 0.370 e. The average molecular weight is 353 g/mol. The Kier molecular flexibility index (Phi) is 10.5. The largest absolute Gasteiger partial charge is 0.537 e. The van der Waals surface area contributed by atoms with Crippen molar-refractivity contribution in [2.24, 2.45) is 0 Å². The fraction of sp³-hybridized carbons (Fsp3) is 0.700. The zero-order chi connectivity index (χ0) is 17.8. The van der Waals surface area contributed by atoms with Crippen LogP contribution in [-0.2, 0) is 13.3 Å². The second kappa shape index (κ2) is 11.8. The molecule has 0 N–H and O–H groups in total. The molecule has 0 unspecified atom stereocenters. The monoisotopic (exact) mass is 352 g/mol. The van der Waals surface area contributed by atoms with E-state index in [2.05, 4.69) is 52.8 Å². The van der Waals surface area contributed by atoms with Gasteiger partial charge in [0.15, 0.2) is 0 Å². The Morgan fingerprint density at radius 2 is 1.08 bits per heavy atom. The van der Waals surface area contributed by atoms with Gasteiger partial charge in [0, 0.05) is 25.0 Å². The third-order valence-electron chi connectivity index (χ3n) is 4.16. The van der Waals surface area contributed by atoms with Crippen LogP contribution in [0.25, 0.3) is 0 Å². The van der Waals surface area contributed by atoms with Gasteiger partial charge in [-0.15, -0.1) is 0 Å². The molecule has 0 fully saturated rings. The van der Waals surface area contributed by atoms with Gasteiger partial charge in [0.1, 0.15) is 0 Å². The van der Waals surface area contributed by atoms with Crippen molar-refractivity contribution in [2.45, 2.75) is 73.1 Å². The molecule has 0 heterocycles. The highest BCUT2D eigenvalue weighted by Gasteiger charge is 2.46. The number of rotatable bonds is 13. The van der Waals surface area contributed by atoms with E-state index in [9.17, 15) is 0 Å². The second-order valence-corrected chi connectivity index (χ2v) is 8.91. The first-order chi connectivity index (χ1) is 11.6. The van der Waals surface area contributed by atoms with Crippen molar-refractivity contribution in [3.63, 3.8) is 0 Å². The molecule has 0 aromatic heterocycles. The molecule has 1 aromatic carbocycles. The number of aryl methyl sites for hydroxylation is 2. The Balaban J connectivity index is 3.15. The van der Waals surface area contributed by atoms with Crippen LogP contribution in [0.3, 0.4) is 0 Å². The van der Waals surface area contributed by atoms with Gasteiger partial charge in [-0.25, -0.2) is 0 Å². The van der Waals surface area contributed by atoms with Crippen molar-refractivity contribution >= 4 is 14.0 Å². The molecule has 1 rings (SSSR count). The predicted molar refractivity (Wildman–Crippen MR) is 104 cm³/mol. The first kappa shape index (κ1) is 21.4. The fourth-order valence-corrected chi connectivity index (χ4v) is 5.75. The molecule has 138 valence electrons. The van der Waals surface area contributed by atoms with Crippen LogP contribution in [0.2, 0.25) is 0 Å². The minimum atomic E-state index is -2.87. The minimum Gasteiger partial charge on any atom is -0.370 e. The van der Waals surface area contributed by atoms with Crippen LogP contribution in [-0.4, -0.2) is 28.6 Å². The van der Waals surface area contributed by atoms with Crippen molar-refractivity contribution < 1.29 is 13.3 Å². The summed E-state index contributed by atoms with van der Waals surface area (Å²) in [6.07, 6.45) is 6.44. The molecule has 4 heteroatoms. The van der Waals surface area contributed by atoms with E-state index in [0.717, 1.165) is 38.5 Å². The topological polar surface area (TPSA) is 27.7 Å². The van der Waals surface area contributed by atoms with Gasteiger partial charge in [-0.05, 0) is 44.2 Å². The summed E-state index contributed by atoms with van der Waals surface area (Å²) in [6, 6.07) is 6.37. The van der Waals surface area contributed by atoms with Crippen LogP contribution < -0.4 is 5.19 Å². The van der Waals surface area contributed by atoms with Gasteiger partial charge in [-0.2, -0.15) is 0 Å². The molecule has 0 radical (unpaired) electrons. The lowest BCUT2D eigenvalue weighted by atomic mass is 10.2. The first-order valence-corrected chi connectivity index (χ1v) is 11.3. The molecule has 0 aliphatic rings. The Morgan fingerprint density at radius 3 is 1.42 bits per heavy atom. The summed E-state index contributed by atoms with van der Waals surface area (Å²) in [6.45, 7) is 12.9. The number of hydrogen-bond acceptors (Lipinski definition) is 3. The van der Waals surface area contributed by atoms with Gasteiger partial charge in [-0.1, -0.05) is 58.2 Å². The highest BCUT2D eigenvalue weighted by Crippen LogP contribution is 2.18. The summed E-state index contributed by atoms with van der Waals surface area (Å²) in [5.41, 5.74) is 2.43. The standard InChI is InChI=1S/C20H36O3Si/c1-6-9-15-21-24(22-16-10-7-2,23-17-11-8-3)20-18(4)13-12-14-19(20)5/h12-14H,6-11,15-17H2,1-5H3. The predicted octanol–water partition coefficient (Wildman–Crippen LogP) is 4.90. The normalized spacial score (nSPS) is 11.9. The number of hydrogen-bond donors (Lipinski definition) is 0. The van der Waals surface area contributed by atoms with E-state index in [1.807, 2.05) is 0 Å². The maximum Gasteiger partial charge on any atom is 0.537 e. The van der Waals surface area contributed by atoms with Gasteiger partial charge in [0.25, 0.3) is 0 Å². The molecular formula is C20H36O3Si. The van der Waals surface area contributed by atoms with Crippen LogP contribution in [0.1, 0.15) is 70.4 Å². The lowest BCUT2D eigenvalue weighted by molar-refractivity contribution is 0.0698. The average Bonchev–Trinajstić information content (AvgIpc) is 2.55. The quantitative estimate of drug-likeness (QED) is 0.373. The van der Waals surface area contributed by atoms with Crippen molar-refractivity contribution in [2.75, 3.05) is 19.8 Å². The molecule has 0 aliphatic carbocycles. The Labute approximate surface area is 150 Å². The number of unbranched alkanes of at least 4 members (excludes halogenated alkanes) is 3. The lowest BCUT2D eigenvalue weighted by Crippen LogP contribution is -2.59. The third-order valence-corrected chi connectivity index (χ3v) is 7.31. The van der Waals surface area contributed by atoms with E-state index in [0.29, 0.717) is 19.8 Å². The Hall–Kier alpha value is -0.683. The van der Waals surface area contributed by atoms with E-state index in [4.69, 9.17) is 13.3 Å². The van der Waals surface area contributed by atoms with Crippen molar-refractivity contribution in [3.8, 4) is 0 Å². The highest BCUT2D eigenvalue weighted by atomic mass is 28.4. The third kappa shape index (κ3) is 6.32. The van der Waals surface area contributed by atoms with Gasteiger partial charge in [-0.3, -0.25) is 0 Å². The zero-order valence-electron chi connectivity index (χ0n) is 16.3. The minimum absolute atomic E-state index is 0.703. The molecule has 0 saturated carbocycles. The van der Waals surface area contributed by atoms with Crippen molar-refractivity contribution in [1.29, 1.82) is 0 Å². The summed E-state index contributed by atoms with van der Waals surface area (Å²) < 4.78 is 19.2. The molecule has 0 spiro atoms. The molecule has 3 nitrogen and oxygen atoms in total. The lowest BCUT2D eigenvalue weighted by Gasteiger charge is -2.32. The molecule has 0 aliphatic heterocycles. The Bertz CT molecular complexity index is 415. The zero-order valence-corrected chi connectivity index (χ0v) is 17.3. The second-order valence-electron chi connectivity index (χ2n) is 6.43. The van der Waals surface area contributed by atoms with Gasteiger partial charge < -0.3 is 13.3 Å². The molecular weight excluding hydrogens is 316 g/mol. The molecule has 0 saturated heterocycles. The van der Waals surface area contributed by atoms with Crippen LogP contribution in [0, 0.1) is 13.8 Å². The van der Waals surface area contributed by atoms with E-state index in [1.54, 1.807) is 0 Å². The molecule has 0 bridgehead atoms. The van der Waals surface area contributed by atoms with Crippen molar-refractivity contribution in [1.82, 2.24) is 0 Å². The molecule has 1 aromatic rings. The maximum absolute atomic E-state index is 6.41. The molecule has 0 atom stereocenters. The van der Waals surface area contributed by atoms with Crippen LogP contribution in [0.15, 0.2) is 18.2 Å². The Morgan fingerprint density at radius 1 is 0.708 bits per heavy atom. The van der Waals surface area contributed by atoms with Gasteiger partial charge in [0.2, 0.25) is 0 Å². The van der Waals surface area contributed by atoms with E-state index in [-0.39, 0.29) is 0 Å². The summed E-state index contributed by atoms with van der Waals surface area (Å²) in [4.78, 5) is 0. The van der Waals surface area contributed by atoms with Crippen LogP contribution in [0.4, 0.5) is 0 Å². The van der Waals surface area contributed by atoms with Crippen LogP contribution in [0.5, 0.6) is 0 Å². The van der Waals surface area contributed by atoms with Gasteiger partial charge in [0.05, 0.1) is 0 Å². The first-order valence-electron chi connectivity index (χ1n) is 9.59. The highest BCUT2D eigenvalue weighted by molar-refractivity contribution is 6.76. The number of benzene rings is 1. The SMILES string of the molecule is CCCCO[Si](OCCCC)(OCCCC)c1c(C)cccc1C. The van der Waals surface area contributed by atoms with Gasteiger partial charge >= 0.3 is 8.80 Å².